The van der Waals surface area contributed by atoms with Crippen LogP contribution in [0.15, 0.2) is 23.0 Å². The first-order valence-electron chi connectivity index (χ1n) is 15.0. The van der Waals surface area contributed by atoms with Crippen LogP contribution in [0, 0.1) is 10.3 Å². The molecule has 0 saturated carbocycles. The lowest BCUT2D eigenvalue weighted by atomic mass is 9.96. The van der Waals surface area contributed by atoms with Crippen LogP contribution in [0.3, 0.4) is 0 Å². The van der Waals surface area contributed by atoms with E-state index in [0.29, 0.717) is 11.7 Å². The summed E-state index contributed by atoms with van der Waals surface area (Å²) in [6.45, 7) is 30.0. The zero-order chi connectivity index (χ0) is 38.0. The molecular formula is C34H74N12O6S3. The molecule has 0 bridgehead atoms. The van der Waals surface area contributed by atoms with Crippen LogP contribution in [0.25, 0.3) is 0 Å². The fourth-order valence-corrected chi connectivity index (χ4v) is 4.03. The second-order valence-electron chi connectivity index (χ2n) is 15.6. The summed E-state index contributed by atoms with van der Waals surface area (Å²) in [5.74, 6) is 3.02. The molecule has 1 aliphatic heterocycles. The molecule has 5 heterocycles. The van der Waals surface area contributed by atoms with Gasteiger partial charge in [0.1, 0.15) is 17.5 Å². The predicted octanol–water partition coefficient (Wildman–Crippen LogP) is 8.68. The van der Waals surface area contributed by atoms with Crippen molar-refractivity contribution >= 4 is 40.9 Å². The number of aromatic nitrogens is 10. The minimum absolute atomic E-state index is 0. The molecule has 5 N–H and O–H groups in total. The van der Waals surface area contributed by atoms with Crippen molar-refractivity contribution in [2.45, 2.75) is 170 Å². The third-order valence-corrected chi connectivity index (χ3v) is 6.83. The maximum atomic E-state index is 10.6. The Hall–Kier alpha value is -3.69. The van der Waals surface area contributed by atoms with Gasteiger partial charge in [-0.05, 0) is 12.2 Å². The Kier molecular flexibility index (Phi) is 29.3. The number of tetrazole rings is 1. The number of H-pyrrole nitrogens is 4. The Morgan fingerprint density at radius 1 is 0.691 bits per heavy atom. The fourth-order valence-electron chi connectivity index (χ4n) is 2.61. The summed E-state index contributed by atoms with van der Waals surface area (Å²) in [5, 5.41) is 19.7. The van der Waals surface area contributed by atoms with Crippen LogP contribution in [0.1, 0.15) is 172 Å². The maximum Gasteiger partial charge on any atom is 0.438 e. The molecule has 4 aromatic heterocycles. The van der Waals surface area contributed by atoms with Gasteiger partial charge in [0.05, 0.1) is 0 Å². The van der Waals surface area contributed by atoms with Crippen molar-refractivity contribution in [1.29, 1.82) is 0 Å². The highest BCUT2D eigenvalue weighted by atomic mass is 32.2. The molecule has 0 radical (unpaired) electrons. The summed E-state index contributed by atoms with van der Waals surface area (Å²) in [4.78, 5) is 30.4. The van der Waals surface area contributed by atoms with Gasteiger partial charge in [-0.2, -0.15) is 18.9 Å². The number of aromatic amines is 4. The fraction of sp³-hybridized carbons (Fsp3) is 0.765. The molecule has 4 aromatic rings. The smallest absolute Gasteiger partial charge is 0.348 e. The number of hydrogen-bond donors (Lipinski definition) is 5. The lowest BCUT2D eigenvalue weighted by molar-refractivity contribution is 0.291. The highest BCUT2D eigenvalue weighted by molar-refractivity contribution is 7.79. The predicted molar refractivity (Wildman–Crippen MR) is 230 cm³/mol. The number of rotatable bonds is 0. The number of hydroxylamine groups is 1. The Labute approximate surface area is 341 Å². The third kappa shape index (κ3) is 24.4. The molecule has 0 amide bonds. The van der Waals surface area contributed by atoms with Gasteiger partial charge in [-0.25, -0.2) is 19.6 Å². The average molecular weight is 843 g/mol. The van der Waals surface area contributed by atoms with E-state index in [4.69, 9.17) is 16.7 Å². The van der Waals surface area contributed by atoms with Crippen LogP contribution in [0.4, 0.5) is 0 Å². The van der Waals surface area contributed by atoms with Crippen molar-refractivity contribution < 1.29 is 17.5 Å². The van der Waals surface area contributed by atoms with Gasteiger partial charge < -0.3 is 4.52 Å². The van der Waals surface area contributed by atoms with E-state index in [0.717, 1.165) is 29.0 Å². The molecule has 18 nitrogen and oxygen atoms in total. The molecule has 0 spiro atoms. The number of hydrogen-bond acceptors (Lipinski definition) is 15. The van der Waals surface area contributed by atoms with Crippen LogP contribution < -0.4 is 16.1 Å². The summed E-state index contributed by atoms with van der Waals surface area (Å²) < 4.78 is 31.8. The molecule has 324 valence electrons. The van der Waals surface area contributed by atoms with E-state index in [1.165, 1.54) is 0 Å². The van der Waals surface area contributed by atoms with Gasteiger partial charge in [0.15, 0.2) is 11.6 Å². The molecular weight excluding hydrogens is 769 g/mol. The van der Waals surface area contributed by atoms with Gasteiger partial charge in [-0.1, -0.05) is 159 Å². The van der Waals surface area contributed by atoms with Gasteiger partial charge in [-0.3, -0.25) is 19.3 Å². The Balaban J connectivity index is -0.000000133. The van der Waals surface area contributed by atoms with Crippen LogP contribution in [0.2, 0.25) is 0 Å². The Morgan fingerprint density at radius 3 is 1.38 bits per heavy atom. The van der Waals surface area contributed by atoms with Crippen molar-refractivity contribution in [3.8, 4) is 0 Å². The summed E-state index contributed by atoms with van der Waals surface area (Å²) >= 11 is 4.14. The highest BCUT2D eigenvalue weighted by Gasteiger charge is 2.25. The van der Waals surface area contributed by atoms with E-state index >= 15 is 0 Å². The van der Waals surface area contributed by atoms with Gasteiger partial charge in [-0.15, -0.1) is 14.6 Å². The number of nitrogens with zero attached hydrogens (tertiary/aromatic N) is 7. The lowest BCUT2D eigenvalue weighted by Crippen LogP contribution is -2.30. The van der Waals surface area contributed by atoms with E-state index in [9.17, 15) is 13.8 Å². The van der Waals surface area contributed by atoms with E-state index in [2.05, 4.69) is 68.9 Å². The highest BCUT2D eigenvalue weighted by Crippen LogP contribution is 2.19. The van der Waals surface area contributed by atoms with E-state index in [-0.39, 0.29) is 81.3 Å². The topological polar surface area (TPSA) is 252 Å². The van der Waals surface area contributed by atoms with Crippen molar-refractivity contribution in [2.24, 2.45) is 9.81 Å². The second-order valence-corrected chi connectivity index (χ2v) is 17.5. The number of amidine groups is 1. The third-order valence-electron chi connectivity index (χ3n) is 5.55. The summed E-state index contributed by atoms with van der Waals surface area (Å²) in [7, 11) is 0. The largest absolute Gasteiger partial charge is 0.438 e. The standard InChI is InChI=1S/C6H10N2O2.2C6H10N2OS.C5H10N4.C5H10N2O2S.6CH4/c2*1-6(2,3)4-7-5(9)10-8-4;1-6(2,3)4-7-5(10)9-8-4;1-5(2,3)4-6-8-9-7-4;1-5(2,3)4-6-9-10(8)7-4;;;;;;/h2*1-3H3,(H,7,8,9);1-3H3,(H,7,8,10);1-3H3,(H,6,7,8,9);1-3H3,(H,6,7);6*1H4. The van der Waals surface area contributed by atoms with E-state index < -0.39 is 17.0 Å². The minimum atomic E-state index is -1.52. The minimum Gasteiger partial charge on any atom is -0.348 e. The van der Waals surface area contributed by atoms with Crippen molar-refractivity contribution in [2.75, 3.05) is 0 Å². The quantitative estimate of drug-likeness (QED) is 0.104. The first-order valence-corrected chi connectivity index (χ1v) is 17.2. The molecule has 0 fully saturated rings. The zero-order valence-corrected chi connectivity index (χ0v) is 33.3. The number of nitrogens with one attached hydrogen (secondary N) is 5. The van der Waals surface area contributed by atoms with Gasteiger partial charge in [0.2, 0.25) is 0 Å². The Bertz CT molecular complexity index is 1650. The van der Waals surface area contributed by atoms with E-state index in [1.807, 2.05) is 104 Å². The monoisotopic (exact) mass is 843 g/mol. The van der Waals surface area contributed by atoms with Crippen LogP contribution in [-0.4, -0.2) is 60.3 Å². The van der Waals surface area contributed by atoms with Gasteiger partial charge >= 0.3 is 26.7 Å². The maximum absolute atomic E-state index is 10.6. The molecule has 1 aliphatic rings. The first kappa shape index (κ1) is 63.3. The molecule has 0 aliphatic carbocycles. The molecule has 0 saturated heterocycles. The molecule has 5 rings (SSSR count). The zero-order valence-electron chi connectivity index (χ0n) is 30.8. The van der Waals surface area contributed by atoms with Crippen molar-refractivity contribution in [3.05, 3.63) is 48.4 Å². The van der Waals surface area contributed by atoms with Crippen molar-refractivity contribution in [1.82, 2.24) is 55.7 Å². The normalized spacial score (nSPS) is 13.1. The summed E-state index contributed by atoms with van der Waals surface area (Å²) in [6.07, 6.45) is 0. The molecule has 0 aromatic carbocycles. The molecule has 21 heteroatoms. The van der Waals surface area contributed by atoms with Gasteiger partial charge in [0, 0.05) is 38.6 Å². The summed E-state index contributed by atoms with van der Waals surface area (Å²) in [6, 6.07) is 0. The molecule has 55 heavy (non-hydrogen) atoms. The second kappa shape index (κ2) is 25.5. The van der Waals surface area contributed by atoms with Crippen molar-refractivity contribution in [3.63, 3.8) is 0 Å². The first-order chi connectivity index (χ1) is 22.1. The molecule has 1 unspecified atom stereocenters. The average Bonchev–Trinajstić information content (AvgIpc) is 3.74. The Morgan fingerprint density at radius 2 is 1.20 bits per heavy atom. The SMILES string of the molecule is C.C.C.C.C.C.CC(C)(C)C1=NS(=O)ON1.CC(C)(C)c1nc(=S)o[nH]1.CC(C)(C)c1nn[nH]n1.CC(C)(C)c1noc(=O)[nH]1.CC(C)(C)c1nsc(=O)[nH]1. The van der Waals surface area contributed by atoms with E-state index in [1.54, 1.807) is 0 Å². The lowest BCUT2D eigenvalue weighted by Gasteiger charge is -2.15. The molecule has 1 atom stereocenters. The van der Waals surface area contributed by atoms with Gasteiger partial charge in [0.25, 0.3) is 0 Å². The van der Waals surface area contributed by atoms with Crippen LogP contribution >= 0.6 is 23.8 Å². The van der Waals surface area contributed by atoms with Crippen LogP contribution in [-0.2, 0) is 37.2 Å². The summed E-state index contributed by atoms with van der Waals surface area (Å²) in [5.41, 5.74) is 2.18. The van der Waals surface area contributed by atoms with Crippen LogP contribution in [0.5, 0.6) is 0 Å².